The third-order valence-corrected chi connectivity index (χ3v) is 2.56. The predicted octanol–water partition coefficient (Wildman–Crippen LogP) is 3.64. The van der Waals surface area contributed by atoms with E-state index in [0.29, 0.717) is 6.61 Å². The van der Waals surface area contributed by atoms with Crippen molar-refractivity contribution in [2.45, 2.75) is 20.0 Å². The van der Waals surface area contributed by atoms with Crippen LogP contribution in [0.4, 0.5) is 0 Å². The first kappa shape index (κ1) is 14.0. The van der Waals surface area contributed by atoms with Crippen molar-refractivity contribution >= 4 is 6.79 Å². The zero-order chi connectivity index (χ0) is 13.2. The van der Waals surface area contributed by atoms with E-state index in [0.717, 1.165) is 12.2 Å². The predicted molar refractivity (Wildman–Crippen MR) is 73.7 cm³/mol. The lowest BCUT2D eigenvalue weighted by molar-refractivity contribution is -0.0979. The van der Waals surface area contributed by atoms with Crippen LogP contribution >= 0.6 is 0 Å². The molecule has 0 radical (unpaired) electrons. The molecule has 0 aromatic heterocycles. The zero-order valence-electron chi connectivity index (χ0n) is 10.6. The Morgan fingerprint density at radius 3 is 2.28 bits per heavy atom. The molecule has 18 heavy (non-hydrogen) atoms. The van der Waals surface area contributed by atoms with Crippen LogP contribution in [0.1, 0.15) is 18.1 Å². The molecule has 0 saturated heterocycles. The van der Waals surface area contributed by atoms with Crippen LogP contribution < -0.4 is 4.74 Å². The van der Waals surface area contributed by atoms with Crippen LogP contribution in [0.25, 0.3) is 0 Å². The molecule has 0 atom stereocenters. The Morgan fingerprint density at radius 1 is 0.944 bits per heavy atom. The summed E-state index contributed by atoms with van der Waals surface area (Å²) in [5, 5.41) is 0. The van der Waals surface area contributed by atoms with E-state index in [1.807, 2.05) is 37.1 Å². The fourth-order valence-electron chi connectivity index (χ4n) is 1.60. The number of carbonyl (C=O) groups is 1. The second-order valence-electron chi connectivity index (χ2n) is 3.78. The first-order valence-corrected chi connectivity index (χ1v) is 5.93. The highest BCUT2D eigenvalue weighted by atomic mass is 16.5. The van der Waals surface area contributed by atoms with Crippen molar-refractivity contribution in [2.24, 2.45) is 0 Å². The molecule has 0 saturated carbocycles. The van der Waals surface area contributed by atoms with Gasteiger partial charge >= 0.3 is 0 Å². The maximum atomic E-state index is 8.00. The number of rotatable bonds is 4. The SMILES string of the molecule is C=O.CCc1cccc(OCc2ccccc2)c1. The second-order valence-corrected chi connectivity index (χ2v) is 3.78. The van der Waals surface area contributed by atoms with Crippen molar-refractivity contribution in [1.29, 1.82) is 0 Å². The number of carbonyl (C=O) groups excluding carboxylic acids is 1. The van der Waals surface area contributed by atoms with Crippen molar-refractivity contribution in [3.05, 3.63) is 65.7 Å². The largest absolute Gasteiger partial charge is 0.489 e. The molecular formula is C16H18O2. The molecule has 2 aromatic carbocycles. The monoisotopic (exact) mass is 242 g/mol. The van der Waals surface area contributed by atoms with Gasteiger partial charge in [0.05, 0.1) is 0 Å². The van der Waals surface area contributed by atoms with E-state index in [4.69, 9.17) is 9.53 Å². The number of aryl methyl sites for hydroxylation is 1. The number of ether oxygens (including phenoxy) is 1. The van der Waals surface area contributed by atoms with E-state index in [1.54, 1.807) is 0 Å². The molecule has 0 aliphatic carbocycles. The van der Waals surface area contributed by atoms with E-state index in [1.165, 1.54) is 11.1 Å². The second kappa shape index (κ2) is 8.07. The van der Waals surface area contributed by atoms with E-state index < -0.39 is 0 Å². The van der Waals surface area contributed by atoms with E-state index in [2.05, 4.69) is 31.2 Å². The van der Waals surface area contributed by atoms with E-state index in [9.17, 15) is 0 Å². The molecule has 2 heteroatoms. The summed E-state index contributed by atoms with van der Waals surface area (Å²) in [6.07, 6.45) is 1.04. The number of hydrogen-bond acceptors (Lipinski definition) is 2. The molecular weight excluding hydrogens is 224 g/mol. The van der Waals surface area contributed by atoms with Gasteiger partial charge in [-0.05, 0) is 29.7 Å². The van der Waals surface area contributed by atoms with Gasteiger partial charge in [0, 0.05) is 0 Å². The van der Waals surface area contributed by atoms with Gasteiger partial charge in [-0.15, -0.1) is 0 Å². The molecule has 0 spiro atoms. The van der Waals surface area contributed by atoms with Crippen LogP contribution in [-0.4, -0.2) is 6.79 Å². The lowest BCUT2D eigenvalue weighted by atomic mass is 10.2. The van der Waals surface area contributed by atoms with Gasteiger partial charge < -0.3 is 9.53 Å². The summed E-state index contributed by atoms with van der Waals surface area (Å²) in [4.78, 5) is 8.00. The van der Waals surface area contributed by atoms with Gasteiger partial charge in [-0.3, -0.25) is 0 Å². The Hall–Kier alpha value is -2.09. The van der Waals surface area contributed by atoms with Crippen molar-refractivity contribution < 1.29 is 9.53 Å². The summed E-state index contributed by atoms with van der Waals surface area (Å²) in [6, 6.07) is 18.5. The Bertz CT molecular complexity index is 452. The van der Waals surface area contributed by atoms with Crippen molar-refractivity contribution in [2.75, 3.05) is 0 Å². The highest BCUT2D eigenvalue weighted by Crippen LogP contribution is 2.15. The smallest absolute Gasteiger partial charge is 0.120 e. The lowest BCUT2D eigenvalue weighted by Gasteiger charge is -2.07. The number of hydrogen-bond donors (Lipinski definition) is 0. The zero-order valence-corrected chi connectivity index (χ0v) is 10.6. The average Bonchev–Trinajstić information content (AvgIpc) is 2.48. The minimum Gasteiger partial charge on any atom is -0.489 e. The Labute approximate surface area is 108 Å². The van der Waals surface area contributed by atoms with Crippen LogP contribution in [0, 0.1) is 0 Å². The molecule has 2 rings (SSSR count). The molecule has 0 aliphatic heterocycles. The summed E-state index contributed by atoms with van der Waals surface area (Å²) < 4.78 is 5.73. The molecule has 2 nitrogen and oxygen atoms in total. The van der Waals surface area contributed by atoms with E-state index in [-0.39, 0.29) is 0 Å². The minimum absolute atomic E-state index is 0.633. The quantitative estimate of drug-likeness (QED) is 0.818. The van der Waals surface area contributed by atoms with Crippen molar-refractivity contribution in [1.82, 2.24) is 0 Å². The number of benzene rings is 2. The van der Waals surface area contributed by atoms with Crippen LogP contribution in [0.3, 0.4) is 0 Å². The molecule has 2 aromatic rings. The molecule has 0 unspecified atom stereocenters. The summed E-state index contributed by atoms with van der Waals surface area (Å²) in [6.45, 7) is 4.78. The van der Waals surface area contributed by atoms with Crippen LogP contribution in [-0.2, 0) is 17.8 Å². The lowest BCUT2D eigenvalue weighted by Crippen LogP contribution is -1.95. The first-order valence-electron chi connectivity index (χ1n) is 5.93. The van der Waals surface area contributed by atoms with Gasteiger partial charge in [0.1, 0.15) is 19.1 Å². The van der Waals surface area contributed by atoms with Gasteiger partial charge in [0.2, 0.25) is 0 Å². The summed E-state index contributed by atoms with van der Waals surface area (Å²) in [5.74, 6) is 0.947. The highest BCUT2D eigenvalue weighted by Gasteiger charge is 1.96. The van der Waals surface area contributed by atoms with Gasteiger partial charge in [0.15, 0.2) is 0 Å². The standard InChI is InChI=1S/C15H16O.CH2O/c1-2-13-9-6-10-15(11-13)16-12-14-7-4-3-5-8-14;1-2/h3-11H,2,12H2,1H3;1H2. The molecule has 0 fully saturated rings. The molecule has 0 aliphatic rings. The van der Waals surface area contributed by atoms with Gasteiger partial charge in [-0.1, -0.05) is 49.4 Å². The first-order chi connectivity index (χ1) is 8.88. The maximum Gasteiger partial charge on any atom is 0.120 e. The Kier molecular flexibility index (Phi) is 6.26. The highest BCUT2D eigenvalue weighted by molar-refractivity contribution is 5.28. The summed E-state index contributed by atoms with van der Waals surface area (Å²) in [7, 11) is 0. The fourth-order valence-corrected chi connectivity index (χ4v) is 1.60. The maximum absolute atomic E-state index is 8.00. The molecule has 0 bridgehead atoms. The van der Waals surface area contributed by atoms with Gasteiger partial charge in [-0.25, -0.2) is 0 Å². The molecule has 94 valence electrons. The molecule has 0 N–H and O–H groups in total. The third-order valence-electron chi connectivity index (χ3n) is 2.56. The minimum atomic E-state index is 0.633. The molecule has 0 amide bonds. The van der Waals surface area contributed by atoms with Gasteiger partial charge in [0.25, 0.3) is 0 Å². The van der Waals surface area contributed by atoms with Gasteiger partial charge in [-0.2, -0.15) is 0 Å². The van der Waals surface area contributed by atoms with E-state index >= 15 is 0 Å². The molecule has 0 heterocycles. The Balaban J connectivity index is 0.000000771. The average molecular weight is 242 g/mol. The summed E-state index contributed by atoms with van der Waals surface area (Å²) >= 11 is 0. The normalized spacial score (nSPS) is 9.17. The third kappa shape index (κ3) is 4.42. The summed E-state index contributed by atoms with van der Waals surface area (Å²) in [5.41, 5.74) is 2.51. The van der Waals surface area contributed by atoms with Crippen LogP contribution in [0.2, 0.25) is 0 Å². The van der Waals surface area contributed by atoms with Crippen molar-refractivity contribution in [3.8, 4) is 5.75 Å². The van der Waals surface area contributed by atoms with Crippen LogP contribution in [0.15, 0.2) is 54.6 Å². The topological polar surface area (TPSA) is 26.3 Å². The fraction of sp³-hybridized carbons (Fsp3) is 0.188. The van der Waals surface area contributed by atoms with Crippen molar-refractivity contribution in [3.63, 3.8) is 0 Å². The van der Waals surface area contributed by atoms with Crippen LogP contribution in [0.5, 0.6) is 5.75 Å². The Morgan fingerprint density at radius 2 is 1.61 bits per heavy atom.